The van der Waals surface area contributed by atoms with E-state index in [9.17, 15) is 4.79 Å². The lowest BCUT2D eigenvalue weighted by atomic mass is 10.3. The maximum absolute atomic E-state index is 10.1. The van der Waals surface area contributed by atoms with Gasteiger partial charge in [0.05, 0.1) is 16.4 Å². The summed E-state index contributed by atoms with van der Waals surface area (Å²) in [7, 11) is 1.58. The minimum atomic E-state index is 0.591. The van der Waals surface area contributed by atoms with E-state index in [-0.39, 0.29) is 0 Å². The molecule has 0 aliphatic heterocycles. The van der Waals surface area contributed by atoms with Gasteiger partial charge in [0.15, 0.2) is 0 Å². The number of halogens is 2. The van der Waals surface area contributed by atoms with Crippen LogP contribution in [0.1, 0.15) is 0 Å². The Balaban J connectivity index is 3.29. The number of hydrogen-bond acceptors (Lipinski definition) is 3. The van der Waals surface area contributed by atoms with E-state index in [0.29, 0.717) is 5.69 Å². The Bertz CT molecular complexity index is 373. The van der Waals surface area contributed by atoms with E-state index in [4.69, 9.17) is 4.74 Å². The molecule has 0 heterocycles. The van der Waals surface area contributed by atoms with Crippen LogP contribution >= 0.6 is 45.2 Å². The van der Waals surface area contributed by atoms with E-state index in [0.717, 1.165) is 12.9 Å². The average Bonchev–Trinajstić information content (AvgIpc) is 2.10. The van der Waals surface area contributed by atoms with Gasteiger partial charge in [0.1, 0.15) is 5.75 Å². The van der Waals surface area contributed by atoms with Crippen LogP contribution in [-0.2, 0) is 4.79 Å². The molecule has 0 bridgehead atoms. The standard InChI is InChI=1S/C8H5I2NO2/c1-13-8-3-7(11-4-12)5(9)2-6(8)10/h2-3H,1H3. The van der Waals surface area contributed by atoms with Crippen molar-refractivity contribution in [3.8, 4) is 5.75 Å². The first-order chi connectivity index (χ1) is 6.19. The quantitative estimate of drug-likeness (QED) is 0.435. The fourth-order valence-corrected chi connectivity index (χ4v) is 2.68. The van der Waals surface area contributed by atoms with Crippen molar-refractivity contribution in [2.45, 2.75) is 0 Å². The molecule has 5 heteroatoms. The van der Waals surface area contributed by atoms with Gasteiger partial charge in [-0.2, -0.15) is 4.99 Å². The number of hydrogen-bond donors (Lipinski definition) is 0. The summed E-state index contributed by atoms with van der Waals surface area (Å²) in [6.07, 6.45) is 1.51. The molecular weight excluding hydrogens is 396 g/mol. The van der Waals surface area contributed by atoms with E-state index >= 15 is 0 Å². The van der Waals surface area contributed by atoms with Gasteiger partial charge in [-0.15, -0.1) is 0 Å². The summed E-state index contributed by atoms with van der Waals surface area (Å²) >= 11 is 4.27. The summed E-state index contributed by atoms with van der Waals surface area (Å²) < 4.78 is 6.99. The first-order valence-electron chi connectivity index (χ1n) is 3.30. The van der Waals surface area contributed by atoms with Crippen LogP contribution in [0, 0.1) is 7.14 Å². The molecule has 0 N–H and O–H groups in total. The molecule has 0 aliphatic carbocycles. The highest BCUT2D eigenvalue weighted by Gasteiger charge is 2.05. The predicted octanol–water partition coefficient (Wildman–Crippen LogP) is 2.87. The van der Waals surface area contributed by atoms with E-state index in [1.165, 1.54) is 6.08 Å². The van der Waals surface area contributed by atoms with Gasteiger partial charge >= 0.3 is 0 Å². The number of carbonyl (C=O) groups excluding carboxylic acids is 1. The third-order valence-electron chi connectivity index (χ3n) is 1.39. The second-order valence-electron chi connectivity index (χ2n) is 2.14. The fraction of sp³-hybridized carbons (Fsp3) is 0.125. The van der Waals surface area contributed by atoms with Crippen molar-refractivity contribution in [3.05, 3.63) is 19.3 Å². The first kappa shape index (κ1) is 10.9. The van der Waals surface area contributed by atoms with Crippen LogP contribution in [0.4, 0.5) is 5.69 Å². The topological polar surface area (TPSA) is 38.7 Å². The Labute approximate surface area is 103 Å². The van der Waals surface area contributed by atoms with Crippen LogP contribution in [0.3, 0.4) is 0 Å². The Kier molecular flexibility index (Phi) is 4.14. The van der Waals surface area contributed by atoms with E-state index in [2.05, 4.69) is 50.2 Å². The molecule has 0 aromatic heterocycles. The number of isocyanates is 1. The van der Waals surface area contributed by atoms with Gasteiger partial charge in [0.2, 0.25) is 6.08 Å². The molecule has 0 saturated carbocycles. The highest BCUT2D eigenvalue weighted by Crippen LogP contribution is 2.30. The number of aliphatic imine (C=N–C) groups is 1. The lowest BCUT2D eigenvalue weighted by molar-refractivity contribution is 0.412. The van der Waals surface area contributed by atoms with Crippen LogP contribution in [0.2, 0.25) is 0 Å². The lowest BCUT2D eigenvalue weighted by Crippen LogP contribution is -1.87. The molecule has 1 aromatic carbocycles. The van der Waals surface area contributed by atoms with Crippen LogP contribution in [0.15, 0.2) is 17.1 Å². The SMILES string of the molecule is COc1cc(N=C=O)c(I)cc1I. The summed E-state index contributed by atoms with van der Waals surface area (Å²) in [4.78, 5) is 13.6. The number of nitrogens with zero attached hydrogens (tertiary/aromatic N) is 1. The van der Waals surface area contributed by atoms with Crippen LogP contribution in [-0.4, -0.2) is 13.2 Å². The normalized spacial score (nSPS) is 9.15. The molecular formula is C8H5I2NO2. The molecule has 0 radical (unpaired) electrons. The molecule has 68 valence electrons. The molecule has 13 heavy (non-hydrogen) atoms. The minimum absolute atomic E-state index is 0.591. The van der Waals surface area contributed by atoms with Gasteiger partial charge in [0, 0.05) is 9.64 Å². The average molecular weight is 401 g/mol. The third kappa shape index (κ3) is 2.65. The Morgan fingerprint density at radius 2 is 2.08 bits per heavy atom. The van der Waals surface area contributed by atoms with Gasteiger partial charge in [-0.05, 0) is 51.2 Å². The van der Waals surface area contributed by atoms with Crippen molar-refractivity contribution in [1.82, 2.24) is 0 Å². The monoisotopic (exact) mass is 401 g/mol. The number of ether oxygens (including phenoxy) is 1. The first-order valence-corrected chi connectivity index (χ1v) is 5.45. The van der Waals surface area contributed by atoms with Gasteiger partial charge in [-0.1, -0.05) is 0 Å². The van der Waals surface area contributed by atoms with Gasteiger partial charge in [-0.25, -0.2) is 4.79 Å². The zero-order chi connectivity index (χ0) is 9.84. The largest absolute Gasteiger partial charge is 0.496 e. The molecule has 0 saturated heterocycles. The molecule has 3 nitrogen and oxygen atoms in total. The van der Waals surface area contributed by atoms with Gasteiger partial charge in [0.25, 0.3) is 0 Å². The van der Waals surface area contributed by atoms with E-state index in [1.54, 1.807) is 13.2 Å². The van der Waals surface area contributed by atoms with Crippen LogP contribution < -0.4 is 4.74 Å². The predicted molar refractivity (Wildman–Crippen MR) is 66.2 cm³/mol. The zero-order valence-electron chi connectivity index (χ0n) is 6.67. The summed E-state index contributed by atoms with van der Waals surface area (Å²) in [5.41, 5.74) is 0.591. The minimum Gasteiger partial charge on any atom is -0.496 e. The molecule has 0 amide bonds. The highest BCUT2D eigenvalue weighted by atomic mass is 127. The molecule has 1 rings (SSSR count). The summed E-state index contributed by atoms with van der Waals surface area (Å²) in [6.45, 7) is 0. The van der Waals surface area contributed by atoms with Gasteiger partial charge in [-0.3, -0.25) is 0 Å². The van der Waals surface area contributed by atoms with Crippen molar-refractivity contribution in [2.75, 3.05) is 7.11 Å². The third-order valence-corrected chi connectivity index (χ3v) is 3.09. The number of rotatable bonds is 2. The van der Waals surface area contributed by atoms with Crippen molar-refractivity contribution < 1.29 is 9.53 Å². The number of benzene rings is 1. The molecule has 0 unspecified atom stereocenters. The molecule has 0 spiro atoms. The zero-order valence-corrected chi connectivity index (χ0v) is 11.0. The van der Waals surface area contributed by atoms with Crippen molar-refractivity contribution >= 4 is 56.9 Å². The summed E-state index contributed by atoms with van der Waals surface area (Å²) in [6, 6.07) is 3.62. The van der Waals surface area contributed by atoms with Crippen molar-refractivity contribution in [3.63, 3.8) is 0 Å². The molecule has 1 aromatic rings. The maximum Gasteiger partial charge on any atom is 0.240 e. The summed E-state index contributed by atoms with van der Waals surface area (Å²) in [5.74, 6) is 0.718. The van der Waals surface area contributed by atoms with Gasteiger partial charge < -0.3 is 4.74 Å². The molecule has 0 aliphatic rings. The van der Waals surface area contributed by atoms with Crippen molar-refractivity contribution in [2.24, 2.45) is 4.99 Å². The lowest BCUT2D eigenvalue weighted by Gasteiger charge is -2.04. The Hall–Kier alpha value is -0.140. The second kappa shape index (κ2) is 4.92. The Morgan fingerprint density at radius 3 is 2.62 bits per heavy atom. The van der Waals surface area contributed by atoms with E-state index in [1.807, 2.05) is 6.07 Å². The second-order valence-corrected chi connectivity index (χ2v) is 4.47. The van der Waals surface area contributed by atoms with Crippen molar-refractivity contribution in [1.29, 1.82) is 0 Å². The number of methoxy groups -OCH3 is 1. The molecule has 0 atom stereocenters. The fourth-order valence-electron chi connectivity index (χ4n) is 0.810. The molecule has 0 fully saturated rings. The maximum atomic E-state index is 10.1. The summed E-state index contributed by atoms with van der Waals surface area (Å²) in [5, 5.41) is 0. The van der Waals surface area contributed by atoms with Crippen LogP contribution in [0.25, 0.3) is 0 Å². The highest BCUT2D eigenvalue weighted by molar-refractivity contribution is 14.1. The van der Waals surface area contributed by atoms with E-state index < -0.39 is 0 Å². The Morgan fingerprint density at radius 1 is 1.38 bits per heavy atom. The van der Waals surface area contributed by atoms with Crippen LogP contribution in [0.5, 0.6) is 5.75 Å². The smallest absolute Gasteiger partial charge is 0.240 e.